The van der Waals surface area contributed by atoms with Crippen LogP contribution in [0.15, 0.2) is 24.5 Å². The van der Waals surface area contributed by atoms with Gasteiger partial charge in [0, 0.05) is 37.3 Å². The van der Waals surface area contributed by atoms with Gasteiger partial charge >= 0.3 is 0 Å². The third-order valence-electron chi connectivity index (χ3n) is 6.48. The van der Waals surface area contributed by atoms with Crippen LogP contribution in [0.1, 0.15) is 24.0 Å². The molecule has 5 rings (SSSR count). The summed E-state index contributed by atoms with van der Waals surface area (Å²) in [6, 6.07) is 6.51. The van der Waals surface area contributed by atoms with Crippen molar-refractivity contribution in [1.82, 2.24) is 19.9 Å². The van der Waals surface area contributed by atoms with Gasteiger partial charge < -0.3 is 20.1 Å². The molecule has 0 unspecified atom stereocenters. The van der Waals surface area contributed by atoms with E-state index in [1.165, 1.54) is 25.7 Å². The highest BCUT2D eigenvalue weighted by Crippen LogP contribution is 2.38. The number of aromatic nitrogens is 3. The minimum absolute atomic E-state index is 0.359. The Morgan fingerprint density at radius 2 is 2.00 bits per heavy atom. The number of aryl methyl sites for hydroxylation is 1. The Bertz CT molecular complexity index is 1130. The second kappa shape index (κ2) is 7.85. The predicted octanol–water partition coefficient (Wildman–Crippen LogP) is 3.31. The number of pyridine rings is 1. The Kier molecular flexibility index (Phi) is 5.02. The van der Waals surface area contributed by atoms with Crippen molar-refractivity contribution in [2.24, 2.45) is 0 Å². The van der Waals surface area contributed by atoms with E-state index >= 15 is 0 Å². The fourth-order valence-corrected chi connectivity index (χ4v) is 4.78. The van der Waals surface area contributed by atoms with Crippen LogP contribution in [-0.2, 0) is 0 Å². The van der Waals surface area contributed by atoms with E-state index in [-0.39, 0.29) is 0 Å². The maximum Gasteiger partial charge on any atom is 0.234 e. The maximum atomic E-state index is 6.41. The number of methoxy groups -OCH3 is 1. The summed E-state index contributed by atoms with van der Waals surface area (Å²) in [6.45, 7) is 8.15. The zero-order valence-corrected chi connectivity index (χ0v) is 18.3. The summed E-state index contributed by atoms with van der Waals surface area (Å²) in [6.07, 6.45) is 4.00. The van der Waals surface area contributed by atoms with Gasteiger partial charge in [-0.15, -0.1) is 0 Å². The number of nitrogen functional groups attached to an aromatic ring is 1. The van der Waals surface area contributed by atoms with Gasteiger partial charge in [0.2, 0.25) is 5.88 Å². The summed E-state index contributed by atoms with van der Waals surface area (Å²) >= 11 is 0. The molecule has 8 heteroatoms. The van der Waals surface area contributed by atoms with Gasteiger partial charge in [-0.1, -0.05) is 6.07 Å². The molecule has 0 bridgehead atoms. The van der Waals surface area contributed by atoms with Crippen LogP contribution in [0.4, 0.5) is 11.6 Å². The second-order valence-corrected chi connectivity index (χ2v) is 8.36. The van der Waals surface area contributed by atoms with E-state index in [2.05, 4.69) is 19.8 Å². The normalized spacial score (nSPS) is 18.9. The van der Waals surface area contributed by atoms with Gasteiger partial charge in [0.1, 0.15) is 34.8 Å². The van der Waals surface area contributed by atoms with Gasteiger partial charge in [-0.25, -0.2) is 9.97 Å². The van der Waals surface area contributed by atoms with Crippen LogP contribution in [0.25, 0.3) is 10.9 Å². The lowest BCUT2D eigenvalue weighted by molar-refractivity contribution is 0.230. The number of fused-ring (bicyclic) bond motifs is 2. The van der Waals surface area contributed by atoms with Crippen molar-refractivity contribution in [2.75, 3.05) is 43.9 Å². The molecule has 2 aromatic heterocycles. The Balaban J connectivity index is 1.59. The smallest absolute Gasteiger partial charge is 0.234 e. The van der Waals surface area contributed by atoms with E-state index in [0.29, 0.717) is 28.9 Å². The first-order chi connectivity index (χ1) is 15.0. The molecule has 1 atom stereocenters. The molecule has 2 fully saturated rings. The highest BCUT2D eigenvalue weighted by Gasteiger charge is 2.31. The van der Waals surface area contributed by atoms with E-state index in [0.717, 1.165) is 47.8 Å². The first-order valence-corrected chi connectivity index (χ1v) is 10.8. The monoisotopic (exact) mass is 420 g/mol. The quantitative estimate of drug-likeness (QED) is 0.688. The van der Waals surface area contributed by atoms with Gasteiger partial charge in [0.25, 0.3) is 0 Å². The van der Waals surface area contributed by atoms with Gasteiger partial charge in [0.15, 0.2) is 0 Å². The third kappa shape index (κ3) is 3.50. The number of nitrogens with zero attached hydrogens (tertiary/aromatic N) is 5. The van der Waals surface area contributed by atoms with Gasteiger partial charge in [-0.3, -0.25) is 4.90 Å². The van der Waals surface area contributed by atoms with Crippen LogP contribution in [0, 0.1) is 13.8 Å². The van der Waals surface area contributed by atoms with Crippen molar-refractivity contribution in [1.29, 1.82) is 0 Å². The molecule has 1 aromatic carbocycles. The minimum atomic E-state index is 0.359. The molecule has 2 aliphatic rings. The zero-order valence-electron chi connectivity index (χ0n) is 18.3. The summed E-state index contributed by atoms with van der Waals surface area (Å²) in [4.78, 5) is 18.5. The Morgan fingerprint density at radius 3 is 2.84 bits per heavy atom. The first kappa shape index (κ1) is 19.8. The number of benzene rings is 1. The van der Waals surface area contributed by atoms with E-state index in [1.807, 2.05) is 32.0 Å². The lowest BCUT2D eigenvalue weighted by Gasteiger charge is -2.38. The Hall–Kier alpha value is -3.13. The molecule has 8 nitrogen and oxygen atoms in total. The number of hydrogen-bond donors (Lipinski definition) is 1. The zero-order chi connectivity index (χ0) is 21.5. The molecule has 0 aliphatic carbocycles. The Labute approximate surface area is 182 Å². The number of nitrogens with two attached hydrogens (primary N) is 1. The standard InChI is InChI=1S/C23H28N6O2/c1-14-6-7-18(30-3)15(2)21(14)31-23-20-17(25-13-26-22(20)24)11-19(27-23)29-10-9-28-8-4-5-16(28)12-29/h6-7,11,13,16H,4-5,8-10,12H2,1-3H3,(H2,24,25,26)/t16-/m0/s1. The van der Waals surface area contributed by atoms with Gasteiger partial charge in [-0.05, 0) is 44.9 Å². The van der Waals surface area contributed by atoms with E-state index in [4.69, 9.17) is 20.2 Å². The highest BCUT2D eigenvalue weighted by atomic mass is 16.5. The number of rotatable bonds is 4. The summed E-state index contributed by atoms with van der Waals surface area (Å²) in [7, 11) is 1.66. The fraction of sp³-hybridized carbons (Fsp3) is 0.435. The van der Waals surface area contributed by atoms with Crippen LogP contribution >= 0.6 is 0 Å². The molecule has 31 heavy (non-hydrogen) atoms. The second-order valence-electron chi connectivity index (χ2n) is 8.36. The molecule has 0 amide bonds. The molecule has 2 N–H and O–H groups in total. The molecular weight excluding hydrogens is 392 g/mol. The first-order valence-electron chi connectivity index (χ1n) is 10.8. The topological polar surface area (TPSA) is 89.6 Å². The van der Waals surface area contributed by atoms with Crippen LogP contribution in [0.3, 0.4) is 0 Å². The minimum Gasteiger partial charge on any atom is -0.496 e. The van der Waals surface area contributed by atoms with Crippen molar-refractivity contribution in [3.05, 3.63) is 35.7 Å². The van der Waals surface area contributed by atoms with Gasteiger partial charge in [-0.2, -0.15) is 4.98 Å². The Morgan fingerprint density at radius 1 is 1.13 bits per heavy atom. The fourth-order valence-electron chi connectivity index (χ4n) is 4.78. The summed E-state index contributed by atoms with van der Waals surface area (Å²) in [5.74, 6) is 3.14. The SMILES string of the molecule is COc1ccc(C)c(Oc2nc(N3CCN4CCC[C@H]4C3)cc3ncnc(N)c23)c1C. The number of anilines is 2. The van der Waals surface area contributed by atoms with Crippen LogP contribution in [0.5, 0.6) is 17.4 Å². The number of ether oxygens (including phenoxy) is 2. The maximum absolute atomic E-state index is 6.41. The average Bonchev–Trinajstić information content (AvgIpc) is 3.24. The van der Waals surface area contributed by atoms with Crippen molar-refractivity contribution in [3.8, 4) is 17.4 Å². The van der Waals surface area contributed by atoms with Crippen LogP contribution in [0.2, 0.25) is 0 Å². The van der Waals surface area contributed by atoms with E-state index in [9.17, 15) is 0 Å². The molecule has 0 spiro atoms. The van der Waals surface area contributed by atoms with E-state index in [1.54, 1.807) is 7.11 Å². The largest absolute Gasteiger partial charge is 0.496 e. The van der Waals surface area contributed by atoms with Crippen LogP contribution in [-0.4, -0.2) is 59.2 Å². The molecule has 162 valence electrons. The summed E-state index contributed by atoms with van der Waals surface area (Å²) < 4.78 is 11.9. The molecule has 4 heterocycles. The van der Waals surface area contributed by atoms with Crippen molar-refractivity contribution < 1.29 is 9.47 Å². The molecule has 2 saturated heterocycles. The van der Waals surface area contributed by atoms with Crippen molar-refractivity contribution in [2.45, 2.75) is 32.7 Å². The highest BCUT2D eigenvalue weighted by molar-refractivity contribution is 5.94. The van der Waals surface area contributed by atoms with Crippen molar-refractivity contribution >= 4 is 22.5 Å². The van der Waals surface area contributed by atoms with Gasteiger partial charge in [0.05, 0.1) is 12.6 Å². The van der Waals surface area contributed by atoms with E-state index < -0.39 is 0 Å². The number of piperazine rings is 1. The predicted molar refractivity (Wildman–Crippen MR) is 121 cm³/mol. The lowest BCUT2D eigenvalue weighted by atomic mass is 10.1. The number of hydrogen-bond acceptors (Lipinski definition) is 8. The van der Waals surface area contributed by atoms with Crippen LogP contribution < -0.4 is 20.1 Å². The average molecular weight is 421 g/mol. The molecular formula is C23H28N6O2. The molecule has 0 radical (unpaired) electrons. The molecule has 2 aliphatic heterocycles. The summed E-state index contributed by atoms with van der Waals surface area (Å²) in [5.41, 5.74) is 8.87. The lowest BCUT2D eigenvalue weighted by Crippen LogP contribution is -2.50. The third-order valence-corrected chi connectivity index (χ3v) is 6.48. The molecule has 0 saturated carbocycles. The van der Waals surface area contributed by atoms with Crippen molar-refractivity contribution in [3.63, 3.8) is 0 Å². The molecule has 3 aromatic rings. The summed E-state index contributed by atoms with van der Waals surface area (Å²) in [5, 5.41) is 0.632.